The van der Waals surface area contributed by atoms with Gasteiger partial charge in [0.05, 0.1) is 10.5 Å². The summed E-state index contributed by atoms with van der Waals surface area (Å²) in [5.41, 5.74) is 8.50. The van der Waals surface area contributed by atoms with Gasteiger partial charge in [0.15, 0.2) is 0 Å². The summed E-state index contributed by atoms with van der Waals surface area (Å²) in [6.07, 6.45) is 0. The molecule has 2 rings (SSSR count). The van der Waals surface area contributed by atoms with Gasteiger partial charge in [-0.15, -0.1) is 0 Å². The first-order valence-electron chi connectivity index (χ1n) is 5.72. The predicted molar refractivity (Wildman–Crippen MR) is 75.6 cm³/mol. The standard InChI is InChI=1S/C14H14N2O2S/c1-8-6-9(2)16-12(7-8)19-13-10(14(17)18)4-3-5-11(13)15/h3-7H,15H2,1-2H3,(H,17,18). The van der Waals surface area contributed by atoms with Gasteiger partial charge in [-0.05, 0) is 43.7 Å². The van der Waals surface area contributed by atoms with Crippen molar-refractivity contribution in [1.82, 2.24) is 4.98 Å². The number of pyridine rings is 1. The Kier molecular flexibility index (Phi) is 3.76. The highest BCUT2D eigenvalue weighted by Crippen LogP contribution is 2.34. The summed E-state index contributed by atoms with van der Waals surface area (Å²) in [6.45, 7) is 3.88. The molecule has 98 valence electrons. The van der Waals surface area contributed by atoms with Crippen LogP contribution in [-0.2, 0) is 0 Å². The van der Waals surface area contributed by atoms with E-state index in [2.05, 4.69) is 4.98 Å². The Bertz CT molecular complexity index is 621. The Morgan fingerprint density at radius 2 is 2.05 bits per heavy atom. The number of hydrogen-bond acceptors (Lipinski definition) is 4. The first-order valence-corrected chi connectivity index (χ1v) is 6.54. The maximum Gasteiger partial charge on any atom is 0.336 e. The molecule has 1 aromatic carbocycles. The van der Waals surface area contributed by atoms with Crippen molar-refractivity contribution in [2.45, 2.75) is 23.8 Å². The van der Waals surface area contributed by atoms with Crippen LogP contribution in [0.2, 0.25) is 0 Å². The van der Waals surface area contributed by atoms with Gasteiger partial charge >= 0.3 is 5.97 Å². The molecule has 2 aromatic rings. The van der Waals surface area contributed by atoms with E-state index in [1.807, 2.05) is 26.0 Å². The SMILES string of the molecule is Cc1cc(C)nc(Sc2c(N)cccc2C(=O)O)c1. The van der Waals surface area contributed by atoms with Gasteiger partial charge in [-0.2, -0.15) is 0 Å². The molecule has 0 aliphatic heterocycles. The van der Waals surface area contributed by atoms with E-state index in [1.165, 1.54) is 11.8 Å². The van der Waals surface area contributed by atoms with Crippen LogP contribution in [-0.4, -0.2) is 16.1 Å². The third-order valence-corrected chi connectivity index (χ3v) is 3.63. The minimum Gasteiger partial charge on any atom is -0.478 e. The van der Waals surface area contributed by atoms with Crippen molar-refractivity contribution in [3.05, 3.63) is 47.2 Å². The zero-order valence-corrected chi connectivity index (χ0v) is 11.5. The largest absolute Gasteiger partial charge is 0.478 e. The van der Waals surface area contributed by atoms with Crippen molar-refractivity contribution >= 4 is 23.4 Å². The minimum absolute atomic E-state index is 0.200. The molecular weight excluding hydrogens is 260 g/mol. The van der Waals surface area contributed by atoms with Crippen LogP contribution in [0.3, 0.4) is 0 Å². The number of carboxylic acids is 1. The molecule has 0 aliphatic carbocycles. The second-order valence-corrected chi connectivity index (χ2v) is 5.29. The summed E-state index contributed by atoms with van der Waals surface area (Å²) in [6, 6.07) is 8.76. The second-order valence-electron chi connectivity index (χ2n) is 4.26. The molecule has 0 saturated carbocycles. The lowest BCUT2D eigenvalue weighted by Gasteiger charge is -2.09. The minimum atomic E-state index is -0.987. The third kappa shape index (κ3) is 3.06. The summed E-state index contributed by atoms with van der Waals surface area (Å²) in [5, 5.41) is 9.94. The highest BCUT2D eigenvalue weighted by Gasteiger charge is 2.14. The fourth-order valence-corrected chi connectivity index (χ4v) is 2.89. The first-order chi connectivity index (χ1) is 8.97. The molecule has 1 aromatic heterocycles. The molecule has 0 amide bonds. The Morgan fingerprint density at radius 3 is 2.68 bits per heavy atom. The van der Waals surface area contributed by atoms with E-state index >= 15 is 0 Å². The topological polar surface area (TPSA) is 76.2 Å². The number of aryl methyl sites for hydroxylation is 2. The molecule has 4 nitrogen and oxygen atoms in total. The monoisotopic (exact) mass is 274 g/mol. The van der Waals surface area contributed by atoms with E-state index in [0.29, 0.717) is 10.6 Å². The maximum atomic E-state index is 11.2. The second kappa shape index (κ2) is 5.32. The number of nitrogens with zero attached hydrogens (tertiary/aromatic N) is 1. The van der Waals surface area contributed by atoms with E-state index < -0.39 is 5.97 Å². The van der Waals surface area contributed by atoms with Crippen molar-refractivity contribution in [1.29, 1.82) is 0 Å². The summed E-state index contributed by atoms with van der Waals surface area (Å²) in [7, 11) is 0. The Hall–Kier alpha value is -2.01. The average Bonchev–Trinajstić information content (AvgIpc) is 2.30. The number of nitrogens with two attached hydrogens (primary N) is 1. The molecule has 1 heterocycles. The van der Waals surface area contributed by atoms with Crippen LogP contribution in [0.15, 0.2) is 40.3 Å². The molecule has 0 aliphatic rings. The van der Waals surface area contributed by atoms with E-state index in [-0.39, 0.29) is 5.56 Å². The third-order valence-electron chi connectivity index (χ3n) is 2.56. The van der Waals surface area contributed by atoms with Gasteiger partial charge in [0.25, 0.3) is 0 Å². The summed E-state index contributed by atoms with van der Waals surface area (Å²) in [5.74, 6) is -0.987. The van der Waals surface area contributed by atoms with E-state index in [1.54, 1.807) is 18.2 Å². The number of aromatic carboxylic acids is 1. The maximum absolute atomic E-state index is 11.2. The number of nitrogen functional groups attached to an aromatic ring is 1. The van der Waals surface area contributed by atoms with Gasteiger partial charge in [-0.3, -0.25) is 0 Å². The number of benzene rings is 1. The van der Waals surface area contributed by atoms with Crippen molar-refractivity contribution in [2.24, 2.45) is 0 Å². The number of hydrogen-bond donors (Lipinski definition) is 2. The van der Waals surface area contributed by atoms with Gasteiger partial charge < -0.3 is 10.8 Å². The summed E-state index contributed by atoms with van der Waals surface area (Å²) in [4.78, 5) is 16.1. The van der Waals surface area contributed by atoms with Crippen LogP contribution in [0.4, 0.5) is 5.69 Å². The normalized spacial score (nSPS) is 10.4. The Balaban J connectivity index is 2.45. The average molecular weight is 274 g/mol. The lowest BCUT2D eigenvalue weighted by atomic mass is 10.2. The highest BCUT2D eigenvalue weighted by atomic mass is 32.2. The van der Waals surface area contributed by atoms with Gasteiger partial charge in [-0.25, -0.2) is 9.78 Å². The fourth-order valence-electron chi connectivity index (χ4n) is 1.80. The number of anilines is 1. The fraction of sp³-hybridized carbons (Fsp3) is 0.143. The quantitative estimate of drug-likeness (QED) is 0.841. The highest BCUT2D eigenvalue weighted by molar-refractivity contribution is 7.99. The van der Waals surface area contributed by atoms with Crippen LogP contribution in [0, 0.1) is 13.8 Å². The molecule has 19 heavy (non-hydrogen) atoms. The van der Waals surface area contributed by atoms with Gasteiger partial charge in [0.2, 0.25) is 0 Å². The number of aromatic nitrogens is 1. The molecule has 0 spiro atoms. The molecule has 0 radical (unpaired) electrons. The zero-order valence-electron chi connectivity index (χ0n) is 10.7. The lowest BCUT2D eigenvalue weighted by molar-refractivity contribution is 0.0693. The predicted octanol–water partition coefficient (Wildman–Crippen LogP) is 3.13. The Labute approximate surface area is 115 Å². The summed E-state index contributed by atoms with van der Waals surface area (Å²) < 4.78 is 0. The number of rotatable bonds is 3. The van der Waals surface area contributed by atoms with Crippen molar-refractivity contribution in [2.75, 3.05) is 5.73 Å². The van der Waals surface area contributed by atoms with Crippen LogP contribution in [0.25, 0.3) is 0 Å². The number of carboxylic acid groups (broad SMARTS) is 1. The van der Waals surface area contributed by atoms with Gasteiger partial charge in [0, 0.05) is 11.4 Å². The van der Waals surface area contributed by atoms with E-state index in [0.717, 1.165) is 16.3 Å². The Morgan fingerprint density at radius 1 is 1.32 bits per heavy atom. The first kappa shape index (κ1) is 13.4. The van der Waals surface area contributed by atoms with Crippen LogP contribution >= 0.6 is 11.8 Å². The van der Waals surface area contributed by atoms with Crippen LogP contribution in [0.5, 0.6) is 0 Å². The van der Waals surface area contributed by atoms with E-state index in [9.17, 15) is 9.90 Å². The number of carbonyl (C=O) groups is 1. The molecule has 0 fully saturated rings. The van der Waals surface area contributed by atoms with Gasteiger partial charge in [-0.1, -0.05) is 17.8 Å². The molecule has 0 unspecified atom stereocenters. The van der Waals surface area contributed by atoms with Crippen molar-refractivity contribution in [3.8, 4) is 0 Å². The van der Waals surface area contributed by atoms with Crippen molar-refractivity contribution < 1.29 is 9.90 Å². The molecule has 0 atom stereocenters. The molecule has 5 heteroatoms. The van der Waals surface area contributed by atoms with E-state index in [4.69, 9.17) is 5.73 Å². The zero-order chi connectivity index (χ0) is 14.0. The summed E-state index contributed by atoms with van der Waals surface area (Å²) >= 11 is 1.28. The van der Waals surface area contributed by atoms with Gasteiger partial charge in [0.1, 0.15) is 5.03 Å². The van der Waals surface area contributed by atoms with Crippen LogP contribution in [0.1, 0.15) is 21.6 Å². The molecular formula is C14H14N2O2S. The van der Waals surface area contributed by atoms with Crippen molar-refractivity contribution in [3.63, 3.8) is 0 Å². The lowest BCUT2D eigenvalue weighted by Crippen LogP contribution is -2.02. The molecule has 3 N–H and O–H groups in total. The van der Waals surface area contributed by atoms with Crippen LogP contribution < -0.4 is 5.73 Å². The molecule has 0 saturated heterocycles. The molecule has 0 bridgehead atoms. The smallest absolute Gasteiger partial charge is 0.336 e.